The van der Waals surface area contributed by atoms with Crippen molar-refractivity contribution in [2.45, 2.75) is 24.1 Å². The molecule has 0 aliphatic carbocycles. The highest BCUT2D eigenvalue weighted by Gasteiger charge is 2.30. The third-order valence-electron chi connectivity index (χ3n) is 3.30. The van der Waals surface area contributed by atoms with Crippen LogP contribution in [0.3, 0.4) is 0 Å². The summed E-state index contributed by atoms with van der Waals surface area (Å²) in [5, 5.41) is 0.506. The fourth-order valence-corrected chi connectivity index (χ4v) is 5.09. The first kappa shape index (κ1) is 16.2. The molecular formula is C13H15ClN2O3S2. The molecule has 0 amide bonds. The Balaban J connectivity index is 2.44. The quantitative estimate of drug-likeness (QED) is 0.925. The molecule has 2 aromatic rings. The van der Waals surface area contributed by atoms with E-state index < -0.39 is 16.1 Å². The molecule has 1 aromatic heterocycles. The number of sulfonamides is 1. The third kappa shape index (κ3) is 3.06. The molecule has 0 aliphatic rings. The van der Waals surface area contributed by atoms with Gasteiger partial charge < -0.3 is 4.98 Å². The van der Waals surface area contributed by atoms with Crippen LogP contribution in [0, 0.1) is 6.92 Å². The summed E-state index contributed by atoms with van der Waals surface area (Å²) in [6, 6.07) is 6.65. The second-order valence-corrected chi connectivity index (χ2v) is 8.23. The van der Waals surface area contributed by atoms with E-state index in [1.54, 1.807) is 38.1 Å². The van der Waals surface area contributed by atoms with Crippen LogP contribution < -0.4 is 4.87 Å². The van der Waals surface area contributed by atoms with E-state index in [-0.39, 0.29) is 9.08 Å². The van der Waals surface area contributed by atoms with E-state index in [4.69, 9.17) is 11.6 Å². The molecule has 0 saturated heterocycles. The molecule has 0 bridgehead atoms. The molecule has 114 valence electrons. The van der Waals surface area contributed by atoms with Crippen molar-refractivity contribution in [3.63, 3.8) is 0 Å². The van der Waals surface area contributed by atoms with Crippen LogP contribution in [0.2, 0.25) is 5.02 Å². The van der Waals surface area contributed by atoms with Gasteiger partial charge in [-0.1, -0.05) is 41.1 Å². The van der Waals surface area contributed by atoms with Gasteiger partial charge in [0.05, 0.1) is 0 Å². The summed E-state index contributed by atoms with van der Waals surface area (Å²) in [6.07, 6.45) is 0. The van der Waals surface area contributed by atoms with Crippen molar-refractivity contribution >= 4 is 33.0 Å². The second-order valence-electron chi connectivity index (χ2n) is 4.65. The van der Waals surface area contributed by atoms with E-state index in [9.17, 15) is 13.2 Å². The van der Waals surface area contributed by atoms with Gasteiger partial charge in [0.2, 0.25) is 0 Å². The van der Waals surface area contributed by atoms with Crippen molar-refractivity contribution in [3.8, 4) is 0 Å². The molecule has 0 saturated carbocycles. The molecule has 0 spiro atoms. The first-order valence-electron chi connectivity index (χ1n) is 6.17. The lowest BCUT2D eigenvalue weighted by Crippen LogP contribution is -2.29. The van der Waals surface area contributed by atoms with Gasteiger partial charge in [0.25, 0.3) is 10.0 Å². The summed E-state index contributed by atoms with van der Waals surface area (Å²) >= 11 is 6.81. The van der Waals surface area contributed by atoms with Crippen LogP contribution in [0.1, 0.15) is 24.2 Å². The van der Waals surface area contributed by atoms with Gasteiger partial charge in [-0.15, -0.1) is 0 Å². The normalized spacial score (nSPS) is 13.6. The predicted octanol–water partition coefficient (Wildman–Crippen LogP) is 2.78. The lowest BCUT2D eigenvalue weighted by Gasteiger charge is -2.24. The van der Waals surface area contributed by atoms with Gasteiger partial charge in [0, 0.05) is 23.8 Å². The van der Waals surface area contributed by atoms with E-state index in [0.29, 0.717) is 27.6 Å². The second kappa shape index (κ2) is 5.92. The smallest absolute Gasteiger partial charge is 0.305 e. The number of nitrogens with one attached hydrogen (secondary N) is 1. The number of nitrogens with zero attached hydrogens (tertiary/aromatic N) is 1. The van der Waals surface area contributed by atoms with E-state index >= 15 is 0 Å². The zero-order chi connectivity index (χ0) is 15.8. The Morgan fingerprint density at radius 1 is 1.33 bits per heavy atom. The van der Waals surface area contributed by atoms with Crippen molar-refractivity contribution in [1.29, 1.82) is 0 Å². The average Bonchev–Trinajstić information content (AvgIpc) is 2.77. The Morgan fingerprint density at radius 2 is 1.95 bits per heavy atom. The zero-order valence-electron chi connectivity index (χ0n) is 11.8. The third-order valence-corrected chi connectivity index (χ3v) is 7.15. The maximum atomic E-state index is 12.6. The highest BCUT2D eigenvalue weighted by atomic mass is 35.5. The van der Waals surface area contributed by atoms with E-state index in [1.165, 1.54) is 11.4 Å². The number of thiazole rings is 1. The zero-order valence-corrected chi connectivity index (χ0v) is 14.1. The fourth-order valence-electron chi connectivity index (χ4n) is 1.99. The van der Waals surface area contributed by atoms with Crippen molar-refractivity contribution in [1.82, 2.24) is 9.29 Å². The molecule has 21 heavy (non-hydrogen) atoms. The van der Waals surface area contributed by atoms with Crippen molar-refractivity contribution in [3.05, 3.63) is 50.2 Å². The number of hydrogen-bond donors (Lipinski definition) is 1. The van der Waals surface area contributed by atoms with Crippen LogP contribution in [0.25, 0.3) is 0 Å². The molecule has 0 fully saturated rings. The topological polar surface area (TPSA) is 70.2 Å². The molecule has 1 unspecified atom stereocenters. The Labute approximate surface area is 132 Å². The minimum atomic E-state index is -3.75. The molecule has 1 atom stereocenters. The number of hydrogen-bond acceptors (Lipinski definition) is 4. The predicted molar refractivity (Wildman–Crippen MR) is 84.5 cm³/mol. The van der Waals surface area contributed by atoms with E-state index in [1.807, 2.05) is 0 Å². The number of benzene rings is 1. The monoisotopic (exact) mass is 346 g/mol. The van der Waals surface area contributed by atoms with Crippen LogP contribution in [0.4, 0.5) is 0 Å². The van der Waals surface area contributed by atoms with Gasteiger partial charge in [-0.2, -0.15) is 4.31 Å². The van der Waals surface area contributed by atoms with Crippen molar-refractivity contribution in [2.75, 3.05) is 7.05 Å². The number of aromatic nitrogens is 1. The molecule has 2 rings (SSSR count). The van der Waals surface area contributed by atoms with Crippen LogP contribution in [0.15, 0.2) is 33.3 Å². The fraction of sp³-hybridized carbons (Fsp3) is 0.308. The molecule has 1 N–H and O–H groups in total. The largest absolute Gasteiger partial charge is 0.315 e. The molecule has 1 aromatic carbocycles. The number of aromatic amines is 1. The van der Waals surface area contributed by atoms with Gasteiger partial charge in [-0.05, 0) is 25.5 Å². The van der Waals surface area contributed by atoms with Gasteiger partial charge in [0.1, 0.15) is 0 Å². The Bertz CT molecular complexity index is 811. The Hall–Kier alpha value is -1.15. The first-order valence-corrected chi connectivity index (χ1v) is 8.80. The highest BCUT2D eigenvalue weighted by molar-refractivity contribution is 7.91. The maximum absolute atomic E-state index is 12.6. The number of H-pyrrole nitrogens is 1. The summed E-state index contributed by atoms with van der Waals surface area (Å²) in [7, 11) is -2.27. The molecule has 0 aliphatic heterocycles. The standard InChI is InChI=1S/C13H15ClN2O3S2/c1-8-12(20-13(17)15-8)21(18,19)16(3)9(2)10-6-4-5-7-11(10)14/h4-7,9H,1-3H3,(H,15,17). The van der Waals surface area contributed by atoms with Crippen molar-refractivity contribution < 1.29 is 8.42 Å². The lowest BCUT2D eigenvalue weighted by molar-refractivity contribution is 0.399. The van der Waals surface area contributed by atoms with Gasteiger partial charge in [-0.3, -0.25) is 4.79 Å². The molecular weight excluding hydrogens is 332 g/mol. The molecule has 0 radical (unpaired) electrons. The van der Waals surface area contributed by atoms with Gasteiger partial charge in [0.15, 0.2) is 4.21 Å². The van der Waals surface area contributed by atoms with Crippen LogP contribution in [0.5, 0.6) is 0 Å². The lowest BCUT2D eigenvalue weighted by atomic mass is 10.1. The average molecular weight is 347 g/mol. The van der Waals surface area contributed by atoms with Crippen molar-refractivity contribution in [2.24, 2.45) is 0 Å². The van der Waals surface area contributed by atoms with E-state index in [0.717, 1.165) is 0 Å². The maximum Gasteiger partial charge on any atom is 0.305 e. The number of aryl methyl sites for hydroxylation is 1. The summed E-state index contributed by atoms with van der Waals surface area (Å²) in [5.74, 6) is 0. The Morgan fingerprint density at radius 3 is 2.48 bits per heavy atom. The van der Waals surface area contributed by atoms with Crippen LogP contribution >= 0.6 is 22.9 Å². The molecule has 1 heterocycles. The number of rotatable bonds is 4. The summed E-state index contributed by atoms with van der Waals surface area (Å²) in [6.45, 7) is 3.32. The van der Waals surface area contributed by atoms with Gasteiger partial charge >= 0.3 is 4.87 Å². The Kier molecular flexibility index (Phi) is 4.57. The summed E-state index contributed by atoms with van der Waals surface area (Å²) < 4.78 is 26.5. The first-order chi connectivity index (χ1) is 9.75. The van der Waals surface area contributed by atoms with E-state index in [2.05, 4.69) is 4.98 Å². The summed E-state index contributed by atoms with van der Waals surface area (Å²) in [5.41, 5.74) is 1.06. The minimum absolute atomic E-state index is 0.0360. The number of halogens is 1. The van der Waals surface area contributed by atoms with Crippen LogP contribution in [-0.4, -0.2) is 24.8 Å². The SMILES string of the molecule is Cc1[nH]c(=O)sc1S(=O)(=O)N(C)C(C)c1ccccc1Cl. The van der Waals surface area contributed by atoms with Crippen LogP contribution in [-0.2, 0) is 10.0 Å². The minimum Gasteiger partial charge on any atom is -0.315 e. The molecule has 5 nitrogen and oxygen atoms in total. The highest BCUT2D eigenvalue weighted by Crippen LogP contribution is 2.31. The van der Waals surface area contributed by atoms with Gasteiger partial charge in [-0.25, -0.2) is 8.42 Å². The molecule has 8 heteroatoms. The summed E-state index contributed by atoms with van der Waals surface area (Å²) in [4.78, 5) is 13.4.